The van der Waals surface area contributed by atoms with Gasteiger partial charge in [-0.3, -0.25) is 14.7 Å². The molecule has 0 bridgehead atoms. The Morgan fingerprint density at radius 1 is 1.35 bits per heavy atom. The first-order valence-corrected chi connectivity index (χ1v) is 8.92. The highest BCUT2D eigenvalue weighted by Gasteiger charge is 2.32. The number of carbonyl (C=O) groups excluding carboxylic acids is 1. The average molecular weight is 355 g/mol. The Balaban J connectivity index is 1.72. The van der Waals surface area contributed by atoms with E-state index in [-0.39, 0.29) is 23.3 Å². The van der Waals surface area contributed by atoms with Crippen molar-refractivity contribution in [2.75, 3.05) is 6.54 Å². The molecule has 1 unspecified atom stereocenters. The summed E-state index contributed by atoms with van der Waals surface area (Å²) in [5.74, 6) is 0.0672. The van der Waals surface area contributed by atoms with Gasteiger partial charge < -0.3 is 9.42 Å². The van der Waals surface area contributed by atoms with Gasteiger partial charge in [-0.05, 0) is 32.6 Å². The van der Waals surface area contributed by atoms with Crippen LogP contribution in [0.15, 0.2) is 27.5 Å². The number of aryl methyl sites for hydroxylation is 2. The molecule has 1 saturated heterocycles. The van der Waals surface area contributed by atoms with Gasteiger partial charge in [0, 0.05) is 30.4 Å². The molecule has 3 aromatic heterocycles. The number of hydrogen-bond acceptors (Lipinski definition) is 5. The fourth-order valence-electron chi connectivity index (χ4n) is 3.51. The number of amides is 1. The van der Waals surface area contributed by atoms with E-state index in [2.05, 4.69) is 15.2 Å². The van der Waals surface area contributed by atoms with Crippen molar-refractivity contribution in [3.63, 3.8) is 0 Å². The van der Waals surface area contributed by atoms with Crippen LogP contribution in [-0.4, -0.2) is 37.1 Å². The molecule has 1 amide bonds. The quantitative estimate of drug-likeness (QED) is 0.777. The first kappa shape index (κ1) is 16.6. The van der Waals surface area contributed by atoms with Crippen LogP contribution in [0.4, 0.5) is 0 Å². The molecule has 1 aliphatic rings. The average Bonchev–Trinajstić information content (AvgIpc) is 3.27. The van der Waals surface area contributed by atoms with Crippen molar-refractivity contribution in [1.29, 1.82) is 0 Å². The maximum Gasteiger partial charge on any atom is 0.293 e. The molecule has 4 rings (SSSR count). The summed E-state index contributed by atoms with van der Waals surface area (Å²) in [5.41, 5.74) is 2.69. The van der Waals surface area contributed by atoms with E-state index in [0.29, 0.717) is 24.3 Å². The minimum atomic E-state index is -0.177. The zero-order valence-corrected chi connectivity index (χ0v) is 14.9. The highest BCUT2D eigenvalue weighted by Crippen LogP contribution is 2.31. The summed E-state index contributed by atoms with van der Waals surface area (Å²) in [6.07, 6.45) is 3.47. The topological polar surface area (TPSA) is 96.5 Å². The second-order valence-corrected chi connectivity index (χ2v) is 6.69. The van der Waals surface area contributed by atoms with Crippen LogP contribution in [0.2, 0.25) is 0 Å². The lowest BCUT2D eigenvalue weighted by molar-refractivity contribution is 0.0563. The van der Waals surface area contributed by atoms with Gasteiger partial charge >= 0.3 is 0 Å². The number of likely N-dealkylation sites (tertiary alicyclic amines) is 1. The number of aromatic amines is 1. The summed E-state index contributed by atoms with van der Waals surface area (Å²) in [7, 11) is 0. The molecule has 0 aromatic carbocycles. The Labute approximate surface area is 149 Å². The highest BCUT2D eigenvalue weighted by molar-refractivity contribution is 5.91. The fourth-order valence-corrected chi connectivity index (χ4v) is 3.51. The van der Waals surface area contributed by atoms with Crippen LogP contribution in [0.3, 0.4) is 0 Å². The number of hydrogen-bond donors (Lipinski definition) is 1. The van der Waals surface area contributed by atoms with E-state index in [1.807, 2.05) is 13.0 Å². The lowest BCUT2D eigenvalue weighted by Gasteiger charge is -2.34. The van der Waals surface area contributed by atoms with Gasteiger partial charge in [0.2, 0.25) is 5.76 Å². The Morgan fingerprint density at radius 2 is 2.19 bits per heavy atom. The summed E-state index contributed by atoms with van der Waals surface area (Å²) in [6, 6.07) is 4.91. The van der Waals surface area contributed by atoms with Gasteiger partial charge in [-0.15, -0.1) is 0 Å². The van der Waals surface area contributed by atoms with Gasteiger partial charge in [0.25, 0.3) is 11.5 Å². The Hall–Kier alpha value is -2.90. The largest absolute Gasteiger partial charge is 0.351 e. The van der Waals surface area contributed by atoms with Crippen LogP contribution in [0, 0.1) is 6.92 Å². The fraction of sp³-hybridized carbons (Fsp3) is 0.444. The number of rotatable bonds is 3. The van der Waals surface area contributed by atoms with Gasteiger partial charge in [-0.2, -0.15) is 0 Å². The molecule has 1 fully saturated rings. The lowest BCUT2D eigenvalue weighted by Crippen LogP contribution is -2.38. The standard InChI is InChI=1S/C18H21N5O3/c1-3-12-9-17(24)23-16(19-12)10-13(20-23)14-6-4-5-7-22(14)18(25)15-8-11(2)21-26-15/h8-10,14,20H,3-7H2,1-2H3. The number of fused-ring (bicyclic) bond motifs is 1. The summed E-state index contributed by atoms with van der Waals surface area (Å²) >= 11 is 0. The molecule has 0 spiro atoms. The molecule has 1 N–H and O–H groups in total. The Morgan fingerprint density at radius 3 is 2.92 bits per heavy atom. The van der Waals surface area contributed by atoms with E-state index >= 15 is 0 Å². The van der Waals surface area contributed by atoms with Gasteiger partial charge in [0.1, 0.15) is 0 Å². The summed E-state index contributed by atoms with van der Waals surface area (Å²) in [5, 5.41) is 6.94. The number of aromatic nitrogens is 4. The van der Waals surface area contributed by atoms with Crippen LogP contribution in [0.25, 0.3) is 5.65 Å². The van der Waals surface area contributed by atoms with E-state index in [1.54, 1.807) is 17.9 Å². The third-order valence-corrected chi connectivity index (χ3v) is 4.85. The second kappa shape index (κ2) is 6.44. The van der Waals surface area contributed by atoms with Gasteiger partial charge in [0.15, 0.2) is 5.65 Å². The molecule has 0 aliphatic carbocycles. The molecule has 26 heavy (non-hydrogen) atoms. The van der Waals surface area contributed by atoms with E-state index in [9.17, 15) is 9.59 Å². The molecule has 1 atom stereocenters. The van der Waals surface area contributed by atoms with E-state index in [4.69, 9.17) is 4.52 Å². The SMILES string of the molecule is CCc1cc(=O)n2[nH]c(C3CCCCN3C(=O)c3cc(C)no3)cc2n1. The van der Waals surface area contributed by atoms with Crippen molar-refractivity contribution in [2.45, 2.75) is 45.6 Å². The summed E-state index contributed by atoms with van der Waals surface area (Å²) in [4.78, 5) is 31.4. The molecule has 8 heteroatoms. The monoisotopic (exact) mass is 355 g/mol. The van der Waals surface area contributed by atoms with Crippen molar-refractivity contribution >= 4 is 11.6 Å². The van der Waals surface area contributed by atoms with Gasteiger partial charge in [0.05, 0.1) is 17.4 Å². The van der Waals surface area contributed by atoms with Crippen molar-refractivity contribution in [2.24, 2.45) is 0 Å². The number of nitrogens with zero attached hydrogens (tertiary/aromatic N) is 4. The molecule has 136 valence electrons. The number of H-pyrrole nitrogens is 1. The summed E-state index contributed by atoms with van der Waals surface area (Å²) in [6.45, 7) is 4.39. The van der Waals surface area contributed by atoms with E-state index < -0.39 is 0 Å². The molecule has 0 radical (unpaired) electrons. The zero-order valence-electron chi connectivity index (χ0n) is 14.9. The van der Waals surface area contributed by atoms with Crippen molar-refractivity contribution < 1.29 is 9.32 Å². The molecular weight excluding hydrogens is 334 g/mol. The van der Waals surface area contributed by atoms with E-state index in [1.165, 1.54) is 10.6 Å². The molecule has 3 aromatic rings. The first-order chi connectivity index (χ1) is 12.6. The zero-order chi connectivity index (χ0) is 18.3. The first-order valence-electron chi connectivity index (χ1n) is 8.92. The molecule has 8 nitrogen and oxygen atoms in total. The van der Waals surface area contributed by atoms with Crippen LogP contribution < -0.4 is 5.56 Å². The normalized spacial score (nSPS) is 17.8. The lowest BCUT2D eigenvalue weighted by atomic mass is 9.99. The van der Waals surface area contributed by atoms with Crippen molar-refractivity contribution in [3.8, 4) is 0 Å². The van der Waals surface area contributed by atoms with Crippen molar-refractivity contribution in [3.05, 3.63) is 51.4 Å². The molecule has 4 heterocycles. The third kappa shape index (κ3) is 2.81. The molecular formula is C18H21N5O3. The maximum atomic E-state index is 12.9. The van der Waals surface area contributed by atoms with Crippen LogP contribution in [-0.2, 0) is 6.42 Å². The van der Waals surface area contributed by atoms with Crippen molar-refractivity contribution in [1.82, 2.24) is 24.7 Å². The molecule has 1 aliphatic heterocycles. The molecule has 0 saturated carbocycles. The third-order valence-electron chi connectivity index (χ3n) is 4.85. The van der Waals surface area contributed by atoms with Crippen LogP contribution in [0.1, 0.15) is 59.9 Å². The maximum absolute atomic E-state index is 12.9. The van der Waals surface area contributed by atoms with Crippen LogP contribution >= 0.6 is 0 Å². The predicted octanol–water partition coefficient (Wildman–Crippen LogP) is 2.25. The van der Waals surface area contributed by atoms with Gasteiger partial charge in [-0.1, -0.05) is 12.1 Å². The minimum absolute atomic E-state index is 0.141. The number of piperidine rings is 1. The highest BCUT2D eigenvalue weighted by atomic mass is 16.5. The minimum Gasteiger partial charge on any atom is -0.351 e. The number of nitrogens with one attached hydrogen (secondary N) is 1. The second-order valence-electron chi connectivity index (χ2n) is 6.69. The van der Waals surface area contributed by atoms with Crippen LogP contribution in [0.5, 0.6) is 0 Å². The Kier molecular flexibility index (Phi) is 4.10. The van der Waals surface area contributed by atoms with Gasteiger partial charge in [-0.25, -0.2) is 9.50 Å². The number of carbonyl (C=O) groups is 1. The van der Waals surface area contributed by atoms with E-state index in [0.717, 1.165) is 30.7 Å². The summed E-state index contributed by atoms with van der Waals surface area (Å²) < 4.78 is 6.59. The Bertz CT molecular complexity index is 1020. The predicted molar refractivity (Wildman–Crippen MR) is 94.1 cm³/mol. The smallest absolute Gasteiger partial charge is 0.293 e.